The molecule has 0 N–H and O–H groups in total. The molecule has 3 rings (SSSR count). The van der Waals surface area contributed by atoms with Crippen molar-refractivity contribution in [2.45, 2.75) is 19.8 Å². The molecule has 0 aliphatic carbocycles. The number of nitrogens with zero attached hydrogens (tertiary/aromatic N) is 2. The zero-order chi connectivity index (χ0) is 20.6. The summed E-state index contributed by atoms with van der Waals surface area (Å²) in [5.74, 6) is 1.26. The smallest absolute Gasteiger partial charge is 0.327 e. The maximum absolute atomic E-state index is 11.9. The second-order valence-electron chi connectivity index (χ2n) is 6.54. The molecule has 6 heteroatoms. The molecule has 29 heavy (non-hydrogen) atoms. The maximum atomic E-state index is 11.9. The Kier molecular flexibility index (Phi) is 7.00. The van der Waals surface area contributed by atoms with Crippen LogP contribution >= 0.6 is 0 Å². The van der Waals surface area contributed by atoms with E-state index in [0.717, 1.165) is 46.0 Å². The van der Waals surface area contributed by atoms with E-state index in [1.165, 1.54) is 0 Å². The van der Waals surface area contributed by atoms with Crippen LogP contribution in [0, 0.1) is 0 Å². The Morgan fingerprint density at radius 3 is 2.72 bits per heavy atom. The molecule has 0 unspecified atom stereocenters. The topological polar surface area (TPSA) is 69.5 Å². The van der Waals surface area contributed by atoms with Crippen LogP contribution in [0.4, 0.5) is 0 Å². The number of ether oxygens (including phenoxy) is 3. The van der Waals surface area contributed by atoms with E-state index in [4.69, 9.17) is 19.2 Å². The lowest BCUT2D eigenvalue weighted by Crippen LogP contribution is -2.19. The molecule has 2 aromatic rings. The summed E-state index contributed by atoms with van der Waals surface area (Å²) < 4.78 is 15.9. The fraction of sp³-hybridized carbons (Fsp3) is 0.348. The Bertz CT molecular complexity index is 934. The van der Waals surface area contributed by atoms with E-state index in [1.54, 1.807) is 21.1 Å². The van der Waals surface area contributed by atoms with Gasteiger partial charge in [-0.2, -0.15) is 0 Å². The zero-order valence-electron chi connectivity index (χ0n) is 17.1. The number of benzene rings is 2. The van der Waals surface area contributed by atoms with E-state index < -0.39 is 0 Å². The van der Waals surface area contributed by atoms with E-state index in [1.807, 2.05) is 36.4 Å². The monoisotopic (exact) mass is 394 g/mol. The highest BCUT2D eigenvalue weighted by Gasteiger charge is 2.20. The standard InChI is InChI=1S/C23H26N2O4/c1-4-29-23(26)15-25-20(16-7-5-8-17(13-16)27-2)14-21-18-9-6-10-22(28-3)19(18)11-12-24-21/h5-10,13H,4,11-12,14-15H2,1-3H3. The molecule has 0 saturated carbocycles. The average Bonchev–Trinajstić information content (AvgIpc) is 2.76. The first kappa shape index (κ1) is 20.6. The molecular weight excluding hydrogens is 368 g/mol. The van der Waals surface area contributed by atoms with Crippen LogP contribution in [-0.2, 0) is 16.0 Å². The van der Waals surface area contributed by atoms with E-state index in [9.17, 15) is 4.79 Å². The number of hydrogen-bond donors (Lipinski definition) is 0. The predicted octanol–water partition coefficient (Wildman–Crippen LogP) is 3.49. The van der Waals surface area contributed by atoms with Crippen LogP contribution in [0.15, 0.2) is 52.4 Å². The maximum Gasteiger partial charge on any atom is 0.327 e. The molecule has 0 bridgehead atoms. The molecule has 0 spiro atoms. The second-order valence-corrected chi connectivity index (χ2v) is 6.54. The fourth-order valence-electron chi connectivity index (χ4n) is 3.40. The first-order chi connectivity index (χ1) is 14.2. The molecule has 0 fully saturated rings. The molecule has 6 nitrogen and oxygen atoms in total. The van der Waals surface area contributed by atoms with Gasteiger partial charge in [-0.3, -0.25) is 14.8 Å². The molecule has 0 radical (unpaired) electrons. The van der Waals surface area contributed by atoms with Crippen molar-refractivity contribution in [2.24, 2.45) is 9.98 Å². The lowest BCUT2D eigenvalue weighted by Gasteiger charge is -2.20. The van der Waals surface area contributed by atoms with Gasteiger partial charge in [-0.25, -0.2) is 0 Å². The molecule has 0 amide bonds. The van der Waals surface area contributed by atoms with E-state index in [2.05, 4.69) is 11.1 Å². The van der Waals surface area contributed by atoms with Gasteiger partial charge in [0.15, 0.2) is 0 Å². The number of fused-ring (bicyclic) bond motifs is 1. The van der Waals surface area contributed by atoms with Crippen molar-refractivity contribution >= 4 is 17.4 Å². The van der Waals surface area contributed by atoms with Crippen LogP contribution in [0.25, 0.3) is 0 Å². The number of rotatable bonds is 8. The molecular formula is C23H26N2O4. The number of carbonyl (C=O) groups is 1. The summed E-state index contributed by atoms with van der Waals surface area (Å²) in [4.78, 5) is 21.2. The minimum atomic E-state index is -0.347. The van der Waals surface area contributed by atoms with E-state index in [0.29, 0.717) is 19.6 Å². The number of aliphatic imine (C=N–C) groups is 2. The molecule has 2 aromatic carbocycles. The van der Waals surface area contributed by atoms with Crippen molar-refractivity contribution in [1.82, 2.24) is 0 Å². The van der Waals surface area contributed by atoms with Crippen LogP contribution < -0.4 is 9.47 Å². The first-order valence-electron chi connectivity index (χ1n) is 9.69. The average molecular weight is 394 g/mol. The molecule has 0 atom stereocenters. The molecule has 0 aromatic heterocycles. The van der Waals surface area contributed by atoms with Gasteiger partial charge in [0.1, 0.15) is 18.0 Å². The minimum absolute atomic E-state index is 0.0291. The molecule has 0 saturated heterocycles. The van der Waals surface area contributed by atoms with Crippen molar-refractivity contribution in [3.63, 3.8) is 0 Å². The Morgan fingerprint density at radius 1 is 1.14 bits per heavy atom. The van der Waals surface area contributed by atoms with E-state index >= 15 is 0 Å². The first-order valence-corrected chi connectivity index (χ1v) is 9.69. The highest BCUT2D eigenvalue weighted by atomic mass is 16.5. The van der Waals surface area contributed by atoms with Gasteiger partial charge < -0.3 is 14.2 Å². The normalized spacial score (nSPS) is 13.3. The Labute approximate surface area is 171 Å². The van der Waals surface area contributed by atoms with Gasteiger partial charge in [0.25, 0.3) is 0 Å². The van der Waals surface area contributed by atoms with Crippen molar-refractivity contribution in [3.05, 3.63) is 59.2 Å². The summed E-state index contributed by atoms with van der Waals surface area (Å²) >= 11 is 0. The van der Waals surface area contributed by atoms with Gasteiger partial charge in [0.2, 0.25) is 0 Å². The lowest BCUT2D eigenvalue weighted by molar-refractivity contribution is -0.141. The highest BCUT2D eigenvalue weighted by molar-refractivity contribution is 6.19. The summed E-state index contributed by atoms with van der Waals surface area (Å²) in [7, 11) is 3.31. The Morgan fingerprint density at radius 2 is 1.97 bits per heavy atom. The quantitative estimate of drug-likeness (QED) is 0.508. The lowest BCUT2D eigenvalue weighted by atomic mass is 9.92. The summed E-state index contributed by atoms with van der Waals surface area (Å²) in [6.45, 7) is 2.79. The largest absolute Gasteiger partial charge is 0.497 e. The molecule has 152 valence electrons. The zero-order valence-corrected chi connectivity index (χ0v) is 17.1. The number of esters is 1. The fourth-order valence-corrected chi connectivity index (χ4v) is 3.40. The molecule has 1 heterocycles. The summed E-state index contributed by atoms with van der Waals surface area (Å²) in [5.41, 5.74) is 4.84. The van der Waals surface area contributed by atoms with Crippen LogP contribution in [0.3, 0.4) is 0 Å². The molecule has 1 aliphatic heterocycles. The minimum Gasteiger partial charge on any atom is -0.497 e. The third-order valence-electron chi connectivity index (χ3n) is 4.77. The number of methoxy groups -OCH3 is 2. The summed E-state index contributed by atoms with van der Waals surface area (Å²) in [6, 6.07) is 13.7. The van der Waals surface area contributed by atoms with Crippen molar-refractivity contribution in [2.75, 3.05) is 33.9 Å². The number of hydrogen-bond acceptors (Lipinski definition) is 6. The van der Waals surface area contributed by atoms with Crippen molar-refractivity contribution in [1.29, 1.82) is 0 Å². The number of carbonyl (C=O) groups excluding carboxylic acids is 1. The van der Waals surface area contributed by atoms with Crippen LogP contribution in [0.2, 0.25) is 0 Å². The SMILES string of the molecule is CCOC(=O)CN=C(CC1=NCCc2c(OC)cccc21)c1cccc(OC)c1. The van der Waals surface area contributed by atoms with Gasteiger partial charge in [-0.1, -0.05) is 24.3 Å². The van der Waals surface area contributed by atoms with Gasteiger partial charge in [0, 0.05) is 35.5 Å². The Balaban J connectivity index is 1.94. The van der Waals surface area contributed by atoms with Gasteiger partial charge in [0.05, 0.1) is 20.8 Å². The third kappa shape index (κ3) is 5.02. The predicted molar refractivity (Wildman–Crippen MR) is 114 cm³/mol. The molecule has 1 aliphatic rings. The highest BCUT2D eigenvalue weighted by Crippen LogP contribution is 2.28. The van der Waals surface area contributed by atoms with E-state index in [-0.39, 0.29) is 12.5 Å². The van der Waals surface area contributed by atoms with Crippen molar-refractivity contribution in [3.8, 4) is 11.5 Å². The van der Waals surface area contributed by atoms with Crippen LogP contribution in [0.5, 0.6) is 11.5 Å². The van der Waals surface area contributed by atoms with Gasteiger partial charge in [-0.15, -0.1) is 0 Å². The van der Waals surface area contributed by atoms with Gasteiger partial charge in [-0.05, 0) is 37.1 Å². The third-order valence-corrected chi connectivity index (χ3v) is 4.77. The van der Waals surface area contributed by atoms with Crippen molar-refractivity contribution < 1.29 is 19.0 Å². The second kappa shape index (κ2) is 9.87. The van der Waals surface area contributed by atoms with Gasteiger partial charge >= 0.3 is 5.97 Å². The van der Waals surface area contributed by atoms with Crippen LogP contribution in [-0.4, -0.2) is 51.3 Å². The van der Waals surface area contributed by atoms with Crippen LogP contribution in [0.1, 0.15) is 30.0 Å². The Hall–Kier alpha value is -3.15. The summed E-state index contributed by atoms with van der Waals surface area (Å²) in [6.07, 6.45) is 1.35. The summed E-state index contributed by atoms with van der Waals surface area (Å²) in [5, 5.41) is 0.